The minimum atomic E-state index is -4.27. The van der Waals surface area contributed by atoms with Crippen LogP contribution in [0.3, 0.4) is 0 Å². The summed E-state index contributed by atoms with van der Waals surface area (Å²) in [4.78, 5) is 62.8. The molecule has 14 rings (SSSR count). The summed E-state index contributed by atoms with van der Waals surface area (Å²) in [5.41, 5.74) is 18.0. The summed E-state index contributed by atoms with van der Waals surface area (Å²) >= 11 is 6.27. The number of anilines is 4. The van der Waals surface area contributed by atoms with Gasteiger partial charge in [-0.3, -0.25) is 33.5 Å². The van der Waals surface area contributed by atoms with E-state index in [4.69, 9.17) is 11.6 Å². The zero-order valence-electron chi connectivity index (χ0n) is 79.2. The first kappa shape index (κ1) is 103. The molecule has 0 saturated carbocycles. The average Bonchev–Trinajstić information content (AvgIpc) is 1.75. The van der Waals surface area contributed by atoms with Crippen LogP contribution in [0.5, 0.6) is 0 Å². The van der Waals surface area contributed by atoms with Gasteiger partial charge in [-0.2, -0.15) is 54.1 Å². The van der Waals surface area contributed by atoms with E-state index in [9.17, 15) is 66.0 Å². The van der Waals surface area contributed by atoms with Crippen LogP contribution >= 0.6 is 11.6 Å². The van der Waals surface area contributed by atoms with Gasteiger partial charge in [0, 0.05) is 120 Å². The van der Waals surface area contributed by atoms with Gasteiger partial charge in [-0.1, -0.05) is 71.3 Å². The Hall–Kier alpha value is -10.3. The number of pyridine rings is 1. The van der Waals surface area contributed by atoms with E-state index in [1.165, 1.54) is 80.3 Å². The van der Waals surface area contributed by atoms with Crippen LogP contribution in [-0.4, -0.2) is 183 Å². The number of alkyl halides is 2. The Labute approximate surface area is 784 Å². The molecule has 33 nitrogen and oxygen atoms in total. The molecule has 5 aromatic heterocycles. The number of likely N-dealkylation sites (tertiary alicyclic amines) is 1. The van der Waals surface area contributed by atoms with Gasteiger partial charge < -0.3 is 31.1 Å². The van der Waals surface area contributed by atoms with Gasteiger partial charge in [0.25, 0.3) is 46.5 Å². The van der Waals surface area contributed by atoms with Gasteiger partial charge >= 0.3 is 24.1 Å². The maximum absolute atomic E-state index is 14.4. The zero-order chi connectivity index (χ0) is 97.4. The van der Waals surface area contributed by atoms with Crippen molar-refractivity contribution in [3.8, 4) is 11.1 Å². The second-order valence-corrected chi connectivity index (χ2v) is 44.0. The van der Waals surface area contributed by atoms with E-state index in [0.717, 1.165) is 142 Å². The van der Waals surface area contributed by atoms with Gasteiger partial charge in [0.05, 0.1) is 35.0 Å². The second kappa shape index (κ2) is 43.6. The largest absolute Gasteiger partial charge is 0.333 e. The summed E-state index contributed by atoms with van der Waals surface area (Å²) in [7, 11) is -7.73. The monoisotopic (exact) mass is 1940 g/mol. The molecule has 41 heteroatoms. The van der Waals surface area contributed by atoms with Crippen LogP contribution in [0.4, 0.5) is 55.1 Å². The van der Waals surface area contributed by atoms with Crippen molar-refractivity contribution in [3.05, 3.63) is 180 Å². The average molecular weight is 1940 g/mol. The normalized spacial score (nSPS) is 14.3. The lowest BCUT2D eigenvalue weighted by atomic mass is 9.92. The third kappa shape index (κ3) is 25.8. The van der Waals surface area contributed by atoms with Crippen LogP contribution in [0.25, 0.3) is 11.1 Å². The van der Waals surface area contributed by atoms with Crippen LogP contribution in [0.2, 0.25) is 5.02 Å². The van der Waals surface area contributed by atoms with E-state index in [-0.39, 0.29) is 68.6 Å². The highest BCUT2D eigenvalue weighted by Gasteiger charge is 2.35. The number of fused-ring (bicyclic) bond motifs is 4. The number of aromatic nitrogens is 9. The van der Waals surface area contributed by atoms with Crippen molar-refractivity contribution in [2.75, 3.05) is 76.1 Å². The molecule has 1 saturated heterocycles. The molecule has 0 radical (unpaired) electrons. The number of halogens is 4. The predicted molar refractivity (Wildman–Crippen MR) is 509 cm³/mol. The van der Waals surface area contributed by atoms with E-state index in [2.05, 4.69) is 77.8 Å². The minimum Gasteiger partial charge on any atom is -0.307 e. The topological polar surface area (TPSA) is 398 Å². The minimum absolute atomic E-state index is 0.0264. The van der Waals surface area contributed by atoms with E-state index in [1.807, 2.05) is 140 Å². The highest BCUT2D eigenvalue weighted by molar-refractivity contribution is 7.90. The molecule has 0 spiro atoms. The molecular formula is C92H127ClF3N21O12S4. The summed E-state index contributed by atoms with van der Waals surface area (Å²) in [6.45, 7) is 30.2. The Balaban J connectivity index is 0.000000171. The number of benzene rings is 4. The number of hydrogen-bond donors (Lipinski definition) is 8. The van der Waals surface area contributed by atoms with E-state index < -0.39 is 83.0 Å². The Morgan fingerprint density at radius 3 is 1.07 bits per heavy atom. The van der Waals surface area contributed by atoms with Crippen molar-refractivity contribution >= 4 is 98.6 Å². The highest BCUT2D eigenvalue weighted by Crippen LogP contribution is 2.43. The number of aryl methyl sites for hydroxylation is 4. The van der Waals surface area contributed by atoms with Crippen LogP contribution in [0.1, 0.15) is 255 Å². The van der Waals surface area contributed by atoms with E-state index >= 15 is 0 Å². The van der Waals surface area contributed by atoms with Gasteiger partial charge in [0.15, 0.2) is 20.1 Å². The quantitative estimate of drug-likeness (QED) is 0.0207. The molecule has 8 amide bonds. The first-order chi connectivity index (χ1) is 62.5. The molecule has 4 aromatic carbocycles. The standard InChI is InChI=1S/C24H31FN6O3S.C23H31F2N5O3S.C23H31N5O3S.C22H34ClN5O3S/c1-15(2)20-10-18(25)11-21(17-8-7-9-26-13-17)23(20)27-24(32)29-35(33,34)22-12-19(14-30(5)6)31(28-22)16(3)4;1-14(2)30-17(12-29(3)13-20(24)25)11-21(27-30)34(32,33)28-23(31)26-22-18-8-4-6-15(18)10-16-7-5-9-19(16)22;1-15(2)28-18(14-27-10-5-11-27)13-21(25-28)32(30,31)26-23(29)24-22-19-8-3-6-16(19)12-17-7-4-9-20(17)22;1-13(2)18-9-16(23)10-19(14(3)4)21(18)24-22(29)26-32(30,31)20-11-17(12-27(7)8)28(25-20)15(5)6/h7-13,15-16H,14H2,1-6H3,(H2,27,29,32);10-11,14,20H,4-9,12-13H2,1-3H3,(H2,26,28,31);12-13,15H,3-11,14H2,1-2H3,(H2,24,26,29);9-11,13-15H,12H2,1-8H3,(H2,24,26,29). The summed E-state index contributed by atoms with van der Waals surface area (Å²) < 4.78 is 159. The Morgan fingerprint density at radius 1 is 0.421 bits per heavy atom. The number of carbonyl (C=O) groups is 4. The number of amides is 8. The summed E-state index contributed by atoms with van der Waals surface area (Å²) in [6.07, 6.45) is 13.5. The molecule has 133 heavy (non-hydrogen) atoms. The van der Waals surface area contributed by atoms with Crippen LogP contribution < -0.4 is 40.2 Å². The first-order valence-electron chi connectivity index (χ1n) is 45.1. The fourth-order valence-electron chi connectivity index (χ4n) is 17.3. The van der Waals surface area contributed by atoms with Gasteiger partial charge in [-0.15, -0.1) is 0 Å². The maximum Gasteiger partial charge on any atom is 0.333 e. The summed E-state index contributed by atoms with van der Waals surface area (Å²) in [5, 5.41) is 27.7. The molecule has 0 unspecified atom stereocenters. The van der Waals surface area contributed by atoms with Crippen LogP contribution in [-0.2, 0) is 118 Å². The molecule has 6 heterocycles. The van der Waals surface area contributed by atoms with Crippen LogP contribution in [0.15, 0.2) is 105 Å². The first-order valence-corrected chi connectivity index (χ1v) is 51.4. The molecule has 1 fully saturated rings. The molecule has 0 bridgehead atoms. The molecule has 1 aliphatic heterocycles. The highest BCUT2D eigenvalue weighted by atomic mass is 35.5. The lowest BCUT2D eigenvalue weighted by Crippen LogP contribution is -2.37. The molecule has 4 aliphatic carbocycles. The lowest BCUT2D eigenvalue weighted by molar-refractivity contribution is 0.0962. The number of hydrogen-bond acceptors (Lipinski definition) is 21. The molecule has 9 aromatic rings. The SMILES string of the molecule is CC(C)c1cc(Cl)cc(C(C)C)c1NC(=O)NS(=O)(=O)c1cc(CN(C)C)n(C(C)C)n1.CC(C)c1cc(F)cc(-c2cccnc2)c1NC(=O)NS(=O)(=O)c1cc(CN(C)C)n(C(C)C)n1.CC(C)n1nc(S(=O)(=O)NC(=O)Nc2c3c(cc4c2CCC4)CCC3)cc1CN(C)CC(F)F.CC(C)n1nc(S(=O)(=O)NC(=O)Nc2c3c(cc4c2CCC4)CCC3)cc1CN1CCC1. The summed E-state index contributed by atoms with van der Waals surface area (Å²) in [6, 6.07) is 16.4. The second-order valence-electron chi connectivity index (χ2n) is 37.0. The van der Waals surface area contributed by atoms with Gasteiger partial charge in [-0.25, -0.2) is 51.2 Å². The van der Waals surface area contributed by atoms with Gasteiger partial charge in [0.2, 0.25) is 0 Å². The maximum atomic E-state index is 14.4. The Kier molecular flexibility index (Phi) is 33.8. The third-order valence-corrected chi connectivity index (χ3v) is 28.4. The number of carbonyl (C=O) groups excluding carboxylic acids is 4. The number of nitrogens with one attached hydrogen (secondary N) is 8. The Bertz CT molecular complexity index is 6140. The predicted octanol–water partition coefficient (Wildman–Crippen LogP) is 16.1. The van der Waals surface area contributed by atoms with Crippen molar-refractivity contribution in [2.24, 2.45) is 0 Å². The van der Waals surface area contributed by atoms with Crippen molar-refractivity contribution in [2.45, 2.75) is 275 Å². The van der Waals surface area contributed by atoms with E-state index in [0.29, 0.717) is 64.1 Å². The lowest BCUT2D eigenvalue weighted by Gasteiger charge is -2.30. The summed E-state index contributed by atoms with van der Waals surface area (Å²) in [5.74, 6) is -0.469. The van der Waals surface area contributed by atoms with Crippen molar-refractivity contribution in [1.29, 1.82) is 0 Å². The number of rotatable bonds is 30. The van der Waals surface area contributed by atoms with Gasteiger partial charge in [-0.05, 0) is 296 Å². The zero-order valence-corrected chi connectivity index (χ0v) is 83.2. The van der Waals surface area contributed by atoms with Gasteiger partial charge in [0.1, 0.15) is 5.82 Å². The molecule has 0 atom stereocenters. The molecule has 8 N–H and O–H groups in total. The molecular weight excluding hydrogens is 1810 g/mol. The van der Waals surface area contributed by atoms with Crippen molar-refractivity contribution in [1.82, 2.24) is 82.6 Å². The molecule has 724 valence electrons. The van der Waals surface area contributed by atoms with Crippen LogP contribution in [0, 0.1) is 5.82 Å². The smallest absolute Gasteiger partial charge is 0.307 e. The fraction of sp³-hybridized carbons (Fsp3) is 0.511. The van der Waals surface area contributed by atoms with Crippen molar-refractivity contribution in [3.63, 3.8) is 0 Å². The number of urea groups is 4. The van der Waals surface area contributed by atoms with E-state index in [1.54, 1.807) is 56.8 Å². The fourth-order valence-corrected chi connectivity index (χ4v) is 21.1. The molecule has 5 aliphatic rings. The Morgan fingerprint density at radius 2 is 0.752 bits per heavy atom. The number of sulfonamides is 4. The number of nitrogens with zero attached hydrogens (tertiary/aromatic N) is 13. The third-order valence-electron chi connectivity index (χ3n) is 23.3. The van der Waals surface area contributed by atoms with Crippen molar-refractivity contribution < 1.29 is 66.0 Å².